The number of rotatable bonds is 5. The highest BCUT2D eigenvalue weighted by Crippen LogP contribution is 2.31. The van der Waals surface area contributed by atoms with E-state index in [0.29, 0.717) is 0 Å². The highest BCUT2D eigenvalue weighted by atomic mass is 16.5. The first-order chi connectivity index (χ1) is 9.65. The van der Waals surface area contributed by atoms with E-state index in [-0.39, 0.29) is 6.04 Å². The molecular weight excluding hydrogens is 248 g/mol. The van der Waals surface area contributed by atoms with E-state index in [2.05, 4.69) is 18.8 Å². The van der Waals surface area contributed by atoms with Crippen molar-refractivity contribution in [2.45, 2.75) is 39.7 Å². The molecule has 1 aromatic heterocycles. The normalized spacial score (nSPS) is 12.2. The zero-order valence-corrected chi connectivity index (χ0v) is 12.4. The summed E-state index contributed by atoms with van der Waals surface area (Å²) in [6.07, 6.45) is 1.73. The average molecular weight is 270 g/mol. The molecule has 0 saturated heterocycles. The van der Waals surface area contributed by atoms with Crippen LogP contribution in [0.25, 0.3) is 0 Å². The van der Waals surface area contributed by atoms with Crippen LogP contribution < -0.4 is 10.5 Å². The van der Waals surface area contributed by atoms with Crippen molar-refractivity contribution in [1.82, 2.24) is 4.98 Å². The van der Waals surface area contributed by atoms with E-state index >= 15 is 0 Å². The predicted molar refractivity (Wildman–Crippen MR) is 82.1 cm³/mol. The molecule has 1 atom stereocenters. The van der Waals surface area contributed by atoms with E-state index in [1.807, 2.05) is 43.3 Å². The lowest BCUT2D eigenvalue weighted by Crippen LogP contribution is -2.10. The maximum atomic E-state index is 6.15. The molecule has 2 aromatic rings. The van der Waals surface area contributed by atoms with Gasteiger partial charge in [-0.2, -0.15) is 0 Å². The van der Waals surface area contributed by atoms with Gasteiger partial charge in [-0.05, 0) is 38.0 Å². The molecule has 3 heteroatoms. The summed E-state index contributed by atoms with van der Waals surface area (Å²) in [7, 11) is 0. The number of nitrogens with two attached hydrogens (primary N) is 1. The van der Waals surface area contributed by atoms with Gasteiger partial charge in [0.05, 0.1) is 5.69 Å². The molecule has 0 aliphatic heterocycles. The summed E-state index contributed by atoms with van der Waals surface area (Å²) in [4.78, 5) is 4.53. The first kappa shape index (κ1) is 14.5. The lowest BCUT2D eigenvalue weighted by atomic mass is 10.0. The minimum Gasteiger partial charge on any atom is -0.455 e. The smallest absolute Gasteiger partial charge is 0.148 e. The van der Waals surface area contributed by atoms with Gasteiger partial charge in [-0.25, -0.2) is 0 Å². The van der Waals surface area contributed by atoms with Crippen LogP contribution in [0, 0.1) is 6.92 Å². The highest BCUT2D eigenvalue weighted by Gasteiger charge is 2.12. The van der Waals surface area contributed by atoms with Gasteiger partial charge in [-0.15, -0.1) is 0 Å². The van der Waals surface area contributed by atoms with Crippen LogP contribution >= 0.6 is 0 Å². The van der Waals surface area contributed by atoms with E-state index in [9.17, 15) is 0 Å². The molecule has 0 aliphatic carbocycles. The van der Waals surface area contributed by atoms with Gasteiger partial charge >= 0.3 is 0 Å². The van der Waals surface area contributed by atoms with Gasteiger partial charge in [-0.3, -0.25) is 4.98 Å². The Labute approximate surface area is 120 Å². The molecule has 3 nitrogen and oxygen atoms in total. The molecule has 0 aliphatic rings. The summed E-state index contributed by atoms with van der Waals surface area (Å²) in [5, 5.41) is 0. The van der Waals surface area contributed by atoms with Crippen molar-refractivity contribution < 1.29 is 4.74 Å². The maximum absolute atomic E-state index is 6.15. The first-order valence-electron chi connectivity index (χ1n) is 7.14. The maximum Gasteiger partial charge on any atom is 0.148 e. The Morgan fingerprint density at radius 2 is 1.85 bits per heavy atom. The van der Waals surface area contributed by atoms with Crippen molar-refractivity contribution in [3.63, 3.8) is 0 Å². The van der Waals surface area contributed by atoms with Crippen molar-refractivity contribution in [3.05, 3.63) is 53.3 Å². The molecule has 0 bridgehead atoms. The zero-order chi connectivity index (χ0) is 14.5. The van der Waals surface area contributed by atoms with Crippen LogP contribution in [0.1, 0.15) is 43.3 Å². The summed E-state index contributed by atoms with van der Waals surface area (Å²) < 4.78 is 6.07. The minimum atomic E-state index is -0.00492. The monoisotopic (exact) mass is 270 g/mol. The van der Waals surface area contributed by atoms with Gasteiger partial charge < -0.3 is 10.5 Å². The van der Waals surface area contributed by atoms with Gasteiger partial charge in [0.15, 0.2) is 0 Å². The molecular formula is C17H22N2O. The quantitative estimate of drug-likeness (QED) is 0.887. The number of pyridine rings is 1. The Balaban J connectivity index is 2.35. The molecule has 1 aromatic carbocycles. The van der Waals surface area contributed by atoms with Crippen molar-refractivity contribution in [2.75, 3.05) is 0 Å². The summed E-state index contributed by atoms with van der Waals surface area (Å²) in [6.45, 7) is 6.15. The molecule has 0 saturated carbocycles. The molecule has 2 rings (SSSR count). The predicted octanol–water partition coefficient (Wildman–Crippen LogP) is 4.15. The fraction of sp³-hybridized carbons (Fsp3) is 0.353. The lowest BCUT2D eigenvalue weighted by molar-refractivity contribution is 0.460. The second-order valence-electron chi connectivity index (χ2n) is 4.91. The molecule has 0 radical (unpaired) electrons. The van der Waals surface area contributed by atoms with Gasteiger partial charge in [0.1, 0.15) is 11.5 Å². The van der Waals surface area contributed by atoms with E-state index in [1.165, 1.54) is 0 Å². The van der Waals surface area contributed by atoms with Crippen molar-refractivity contribution >= 4 is 0 Å². The number of benzene rings is 1. The van der Waals surface area contributed by atoms with E-state index in [0.717, 1.165) is 41.3 Å². The number of aryl methyl sites for hydroxylation is 2. The van der Waals surface area contributed by atoms with E-state index in [1.54, 1.807) is 0 Å². The lowest BCUT2D eigenvalue weighted by Gasteiger charge is -2.16. The number of hydrogen-bond acceptors (Lipinski definition) is 3. The van der Waals surface area contributed by atoms with Crippen molar-refractivity contribution in [1.29, 1.82) is 0 Å². The Morgan fingerprint density at radius 1 is 1.10 bits per heavy atom. The summed E-state index contributed by atoms with van der Waals surface area (Å²) in [5.74, 6) is 1.64. The van der Waals surface area contributed by atoms with Crippen LogP contribution in [-0.4, -0.2) is 4.98 Å². The Kier molecular flexibility index (Phi) is 4.74. The fourth-order valence-corrected chi connectivity index (χ4v) is 2.16. The summed E-state index contributed by atoms with van der Waals surface area (Å²) in [6, 6.07) is 11.9. The zero-order valence-electron chi connectivity index (χ0n) is 12.4. The number of hydrogen-bond donors (Lipinski definition) is 1. The van der Waals surface area contributed by atoms with Gasteiger partial charge in [0.25, 0.3) is 0 Å². The van der Waals surface area contributed by atoms with E-state index < -0.39 is 0 Å². The largest absolute Gasteiger partial charge is 0.455 e. The molecule has 20 heavy (non-hydrogen) atoms. The van der Waals surface area contributed by atoms with Crippen molar-refractivity contribution in [3.8, 4) is 11.5 Å². The topological polar surface area (TPSA) is 48.1 Å². The third-order valence-electron chi connectivity index (χ3n) is 3.38. The number of nitrogens with zero attached hydrogens (tertiary/aromatic N) is 1. The number of aromatic nitrogens is 1. The first-order valence-corrected chi connectivity index (χ1v) is 7.14. The third-order valence-corrected chi connectivity index (χ3v) is 3.38. The number of para-hydroxylation sites is 1. The molecule has 0 amide bonds. The van der Waals surface area contributed by atoms with Gasteiger partial charge in [0.2, 0.25) is 0 Å². The molecule has 106 valence electrons. The molecule has 1 heterocycles. The SMILES string of the molecule is CCc1nc(C)ccc1Oc1ccccc1[C@@H](N)CC. The second-order valence-corrected chi connectivity index (χ2v) is 4.91. The standard InChI is InChI=1S/C17H22N2O/c1-4-14(18)13-8-6-7-9-16(13)20-17-11-10-12(3)19-15(17)5-2/h6-11,14H,4-5,18H2,1-3H3/t14-/m0/s1. The van der Waals surface area contributed by atoms with Gasteiger partial charge in [0, 0.05) is 17.3 Å². The van der Waals surface area contributed by atoms with E-state index in [4.69, 9.17) is 10.5 Å². The van der Waals surface area contributed by atoms with Crippen LogP contribution in [-0.2, 0) is 6.42 Å². The summed E-state index contributed by atoms with van der Waals surface area (Å²) >= 11 is 0. The number of ether oxygens (including phenoxy) is 1. The molecule has 0 unspecified atom stereocenters. The van der Waals surface area contributed by atoms with Crippen LogP contribution in [0.2, 0.25) is 0 Å². The molecule has 0 fully saturated rings. The molecule has 0 spiro atoms. The highest BCUT2D eigenvalue weighted by molar-refractivity contribution is 5.41. The Morgan fingerprint density at radius 3 is 2.55 bits per heavy atom. The van der Waals surface area contributed by atoms with Gasteiger partial charge in [-0.1, -0.05) is 32.0 Å². The second kappa shape index (κ2) is 6.53. The third kappa shape index (κ3) is 3.17. The average Bonchev–Trinajstić information content (AvgIpc) is 2.48. The summed E-state index contributed by atoms with van der Waals surface area (Å²) in [5.41, 5.74) is 9.17. The van der Waals surface area contributed by atoms with Crippen LogP contribution in [0.4, 0.5) is 0 Å². The van der Waals surface area contributed by atoms with Crippen LogP contribution in [0.15, 0.2) is 36.4 Å². The Hall–Kier alpha value is -1.87. The minimum absolute atomic E-state index is 0.00492. The Bertz CT molecular complexity index is 581. The fourth-order valence-electron chi connectivity index (χ4n) is 2.16. The van der Waals surface area contributed by atoms with Crippen LogP contribution in [0.3, 0.4) is 0 Å². The van der Waals surface area contributed by atoms with Crippen molar-refractivity contribution in [2.24, 2.45) is 5.73 Å². The molecule has 2 N–H and O–H groups in total. The van der Waals surface area contributed by atoms with Crippen LogP contribution in [0.5, 0.6) is 11.5 Å².